The Morgan fingerprint density at radius 3 is 2.44 bits per heavy atom. The molecule has 0 unspecified atom stereocenters. The zero-order valence-electron chi connectivity index (χ0n) is 12.5. The summed E-state index contributed by atoms with van der Waals surface area (Å²) in [5.41, 5.74) is -0.0471. The van der Waals surface area contributed by atoms with E-state index in [0.717, 1.165) is 25.7 Å². The molecule has 0 aromatic heterocycles. The maximum atomic E-state index is 5.63. The van der Waals surface area contributed by atoms with Crippen molar-refractivity contribution in [2.24, 2.45) is 0 Å². The van der Waals surface area contributed by atoms with Crippen molar-refractivity contribution in [1.29, 1.82) is 0 Å². The van der Waals surface area contributed by atoms with Crippen molar-refractivity contribution >= 4 is 0 Å². The molecule has 3 heteroatoms. The lowest BCUT2D eigenvalue weighted by molar-refractivity contribution is -0.0101. The lowest BCUT2D eigenvalue weighted by atomic mass is 10.1. The minimum atomic E-state index is -0.0471. The zero-order chi connectivity index (χ0) is 13.3. The summed E-state index contributed by atoms with van der Waals surface area (Å²) in [5, 5.41) is 3.55. The lowest BCUT2D eigenvalue weighted by Crippen LogP contribution is -2.24. The second-order valence-corrected chi connectivity index (χ2v) is 5.97. The van der Waals surface area contributed by atoms with Crippen molar-refractivity contribution in [2.75, 3.05) is 26.9 Å². The number of methoxy groups -OCH3 is 1. The van der Waals surface area contributed by atoms with Crippen molar-refractivity contribution in [3.8, 4) is 0 Å². The van der Waals surface area contributed by atoms with Crippen molar-refractivity contribution in [3.63, 3.8) is 0 Å². The highest BCUT2D eigenvalue weighted by Crippen LogP contribution is 2.18. The summed E-state index contributed by atoms with van der Waals surface area (Å²) in [4.78, 5) is 0. The number of ether oxygens (including phenoxy) is 2. The van der Waals surface area contributed by atoms with E-state index in [-0.39, 0.29) is 5.60 Å². The predicted molar refractivity (Wildman–Crippen MR) is 76.0 cm³/mol. The van der Waals surface area contributed by atoms with Gasteiger partial charge in [0.15, 0.2) is 0 Å². The monoisotopic (exact) mass is 257 g/mol. The topological polar surface area (TPSA) is 30.5 Å². The van der Waals surface area contributed by atoms with Crippen molar-refractivity contribution in [1.82, 2.24) is 5.32 Å². The third-order valence-electron chi connectivity index (χ3n) is 3.63. The molecule has 0 saturated heterocycles. The number of nitrogens with one attached hydrogen (secondary N) is 1. The van der Waals surface area contributed by atoms with E-state index in [1.54, 1.807) is 7.11 Å². The average molecular weight is 257 g/mol. The molecule has 0 aromatic carbocycles. The molecule has 0 heterocycles. The first-order chi connectivity index (χ1) is 8.64. The Morgan fingerprint density at radius 1 is 1.06 bits per heavy atom. The third kappa shape index (κ3) is 8.90. The van der Waals surface area contributed by atoms with Crippen LogP contribution >= 0.6 is 0 Å². The Labute approximate surface area is 113 Å². The van der Waals surface area contributed by atoms with Gasteiger partial charge in [-0.3, -0.25) is 0 Å². The first-order valence-electron chi connectivity index (χ1n) is 7.50. The molecule has 18 heavy (non-hydrogen) atoms. The molecule has 0 bridgehead atoms. The van der Waals surface area contributed by atoms with Crippen LogP contribution in [0.5, 0.6) is 0 Å². The van der Waals surface area contributed by atoms with Gasteiger partial charge in [-0.05, 0) is 52.5 Å². The Hall–Kier alpha value is -0.120. The summed E-state index contributed by atoms with van der Waals surface area (Å²) in [7, 11) is 1.76. The van der Waals surface area contributed by atoms with E-state index in [9.17, 15) is 0 Å². The highest BCUT2D eigenvalue weighted by molar-refractivity contribution is 4.80. The summed E-state index contributed by atoms with van der Waals surface area (Å²) in [6, 6.07) is 0.859. The molecule has 1 fully saturated rings. The first kappa shape index (κ1) is 15.9. The lowest BCUT2D eigenvalue weighted by Gasteiger charge is -2.22. The Balaban J connectivity index is 1.72. The molecule has 108 valence electrons. The van der Waals surface area contributed by atoms with Crippen LogP contribution in [-0.4, -0.2) is 38.5 Å². The average Bonchev–Trinajstić information content (AvgIpc) is 3.15. The molecule has 0 aliphatic heterocycles. The van der Waals surface area contributed by atoms with Gasteiger partial charge in [0, 0.05) is 26.4 Å². The van der Waals surface area contributed by atoms with Gasteiger partial charge >= 0.3 is 0 Å². The molecule has 1 aliphatic rings. The van der Waals surface area contributed by atoms with Gasteiger partial charge in [0.2, 0.25) is 0 Å². The summed E-state index contributed by atoms with van der Waals surface area (Å²) in [6.45, 7) is 7.11. The van der Waals surface area contributed by atoms with Crippen LogP contribution < -0.4 is 5.32 Å². The van der Waals surface area contributed by atoms with E-state index < -0.39 is 0 Å². The first-order valence-corrected chi connectivity index (χ1v) is 7.50. The van der Waals surface area contributed by atoms with Crippen LogP contribution in [-0.2, 0) is 9.47 Å². The SMILES string of the molecule is COC(C)(C)CCOCCCCCCNC1CC1. The van der Waals surface area contributed by atoms with Gasteiger partial charge in [-0.2, -0.15) is 0 Å². The van der Waals surface area contributed by atoms with Gasteiger partial charge in [0.1, 0.15) is 0 Å². The summed E-state index contributed by atoms with van der Waals surface area (Å²) < 4.78 is 11.0. The van der Waals surface area contributed by atoms with Gasteiger partial charge in [0.25, 0.3) is 0 Å². The van der Waals surface area contributed by atoms with Crippen molar-refractivity contribution in [2.45, 2.75) is 70.4 Å². The van der Waals surface area contributed by atoms with Crippen molar-refractivity contribution < 1.29 is 9.47 Å². The fourth-order valence-electron chi connectivity index (χ4n) is 1.80. The third-order valence-corrected chi connectivity index (χ3v) is 3.63. The minimum absolute atomic E-state index is 0.0471. The Kier molecular flexibility index (Phi) is 7.87. The smallest absolute Gasteiger partial charge is 0.0644 e. The molecule has 1 saturated carbocycles. The maximum absolute atomic E-state index is 5.63. The Bertz CT molecular complexity index is 203. The van der Waals surface area contributed by atoms with Crippen LogP contribution in [0.4, 0.5) is 0 Å². The molecule has 0 spiro atoms. The minimum Gasteiger partial charge on any atom is -0.381 e. The number of rotatable bonds is 12. The van der Waals surface area contributed by atoms with E-state index in [4.69, 9.17) is 9.47 Å². The predicted octanol–water partition coefficient (Wildman–Crippen LogP) is 3.13. The van der Waals surface area contributed by atoms with Gasteiger partial charge in [0.05, 0.1) is 5.60 Å². The molecule has 0 aromatic rings. The quantitative estimate of drug-likeness (QED) is 0.545. The fourth-order valence-corrected chi connectivity index (χ4v) is 1.80. The number of hydrogen-bond acceptors (Lipinski definition) is 3. The van der Waals surface area contributed by atoms with Crippen molar-refractivity contribution in [3.05, 3.63) is 0 Å². The van der Waals surface area contributed by atoms with Crippen LogP contribution in [0.1, 0.15) is 58.8 Å². The van der Waals surface area contributed by atoms with Crippen LogP contribution in [0.3, 0.4) is 0 Å². The van der Waals surface area contributed by atoms with E-state index in [1.807, 2.05) is 0 Å². The molecule has 0 atom stereocenters. The van der Waals surface area contributed by atoms with E-state index in [2.05, 4.69) is 19.2 Å². The highest BCUT2D eigenvalue weighted by atomic mass is 16.5. The van der Waals surface area contributed by atoms with E-state index in [0.29, 0.717) is 0 Å². The molecule has 1 rings (SSSR count). The largest absolute Gasteiger partial charge is 0.381 e. The number of unbranched alkanes of at least 4 members (excludes halogenated alkanes) is 3. The molecule has 0 amide bonds. The van der Waals surface area contributed by atoms with Crippen LogP contribution in [0.15, 0.2) is 0 Å². The molecule has 3 nitrogen and oxygen atoms in total. The second-order valence-electron chi connectivity index (χ2n) is 5.97. The second kappa shape index (κ2) is 8.89. The molecular weight excluding hydrogens is 226 g/mol. The fraction of sp³-hybridized carbons (Fsp3) is 1.00. The van der Waals surface area contributed by atoms with Crippen LogP contribution in [0, 0.1) is 0 Å². The van der Waals surface area contributed by atoms with Gasteiger partial charge < -0.3 is 14.8 Å². The molecule has 1 N–H and O–H groups in total. The van der Waals surface area contributed by atoms with Crippen LogP contribution in [0.2, 0.25) is 0 Å². The van der Waals surface area contributed by atoms with Gasteiger partial charge in [-0.15, -0.1) is 0 Å². The Morgan fingerprint density at radius 2 is 1.78 bits per heavy atom. The normalized spacial score (nSPS) is 16.2. The molecule has 1 aliphatic carbocycles. The van der Waals surface area contributed by atoms with Gasteiger partial charge in [-0.1, -0.05) is 12.8 Å². The highest BCUT2D eigenvalue weighted by Gasteiger charge is 2.19. The summed E-state index contributed by atoms with van der Waals surface area (Å²) in [5.74, 6) is 0. The summed E-state index contributed by atoms with van der Waals surface area (Å²) >= 11 is 0. The number of hydrogen-bond donors (Lipinski definition) is 1. The van der Waals surface area contributed by atoms with E-state index in [1.165, 1.54) is 45.1 Å². The molecule has 0 radical (unpaired) electrons. The summed E-state index contributed by atoms with van der Waals surface area (Å²) in [6.07, 6.45) is 8.88. The molecular formula is C15H31NO2. The van der Waals surface area contributed by atoms with Gasteiger partial charge in [-0.25, -0.2) is 0 Å². The zero-order valence-corrected chi connectivity index (χ0v) is 12.5. The standard InChI is InChI=1S/C15H31NO2/c1-15(2,17-3)10-13-18-12-7-5-4-6-11-16-14-8-9-14/h14,16H,4-13H2,1-3H3. The maximum Gasteiger partial charge on any atom is 0.0644 e. The van der Waals surface area contributed by atoms with Crippen LogP contribution in [0.25, 0.3) is 0 Å². The van der Waals surface area contributed by atoms with E-state index >= 15 is 0 Å².